The molecule has 0 saturated heterocycles. The third-order valence-corrected chi connectivity index (χ3v) is 5.01. The van der Waals surface area contributed by atoms with E-state index in [4.69, 9.17) is 0 Å². The van der Waals surface area contributed by atoms with Gasteiger partial charge in [0, 0.05) is 25.7 Å². The number of rotatable bonds is 11. The molecular weight excluding hydrogens is 244 g/mol. The quantitative estimate of drug-likeness (QED) is 0.612. The Morgan fingerprint density at radius 3 is 2.10 bits per heavy atom. The number of hydrogen-bond acceptors (Lipinski definition) is 2. The Balaban J connectivity index is 2.56. The summed E-state index contributed by atoms with van der Waals surface area (Å²) in [6.45, 7) is 19.0. The molecular formula is C18H38N2. The standard InChI is InChI=1S/C18H38N2/c1-7-18(8-2,13-19-11-15(3)4)14-20(16(5)6)12-17-9-10-17/h15-17,19H,7-14H2,1-6H3. The van der Waals surface area contributed by atoms with Crippen molar-refractivity contribution in [2.75, 3.05) is 26.2 Å². The Hall–Kier alpha value is -0.0800. The van der Waals surface area contributed by atoms with Crippen molar-refractivity contribution in [2.45, 2.75) is 73.3 Å². The minimum atomic E-state index is 0.452. The fourth-order valence-electron chi connectivity index (χ4n) is 2.93. The van der Waals surface area contributed by atoms with Crippen LogP contribution in [0.15, 0.2) is 0 Å². The number of nitrogens with one attached hydrogen (secondary N) is 1. The Labute approximate surface area is 127 Å². The molecule has 20 heavy (non-hydrogen) atoms. The maximum Gasteiger partial charge on any atom is 0.00528 e. The summed E-state index contributed by atoms with van der Waals surface area (Å²) in [7, 11) is 0. The normalized spacial score (nSPS) is 16.6. The van der Waals surface area contributed by atoms with E-state index in [0.29, 0.717) is 11.5 Å². The molecule has 120 valence electrons. The van der Waals surface area contributed by atoms with Crippen LogP contribution in [0.5, 0.6) is 0 Å². The van der Waals surface area contributed by atoms with Gasteiger partial charge >= 0.3 is 0 Å². The van der Waals surface area contributed by atoms with Crippen molar-refractivity contribution in [1.29, 1.82) is 0 Å². The van der Waals surface area contributed by atoms with Crippen molar-refractivity contribution in [3.8, 4) is 0 Å². The van der Waals surface area contributed by atoms with Crippen LogP contribution in [0.3, 0.4) is 0 Å². The molecule has 1 aliphatic carbocycles. The van der Waals surface area contributed by atoms with E-state index in [1.165, 1.54) is 45.3 Å². The Bertz CT molecular complexity index is 252. The van der Waals surface area contributed by atoms with Crippen LogP contribution in [0.4, 0.5) is 0 Å². The molecule has 0 unspecified atom stereocenters. The van der Waals surface area contributed by atoms with Crippen molar-refractivity contribution in [1.82, 2.24) is 10.2 Å². The fraction of sp³-hybridized carbons (Fsp3) is 1.00. The smallest absolute Gasteiger partial charge is 0.00528 e. The van der Waals surface area contributed by atoms with Gasteiger partial charge < -0.3 is 10.2 Å². The highest BCUT2D eigenvalue weighted by Crippen LogP contribution is 2.33. The highest BCUT2D eigenvalue weighted by molar-refractivity contribution is 4.87. The van der Waals surface area contributed by atoms with Crippen LogP contribution < -0.4 is 5.32 Å². The van der Waals surface area contributed by atoms with E-state index >= 15 is 0 Å². The molecule has 0 aromatic heterocycles. The fourth-order valence-corrected chi connectivity index (χ4v) is 2.93. The summed E-state index contributed by atoms with van der Waals surface area (Å²) in [5, 5.41) is 3.71. The van der Waals surface area contributed by atoms with E-state index in [9.17, 15) is 0 Å². The second-order valence-electron chi connectivity index (χ2n) is 7.70. The van der Waals surface area contributed by atoms with Gasteiger partial charge in [0.1, 0.15) is 0 Å². The van der Waals surface area contributed by atoms with Crippen molar-refractivity contribution in [3.05, 3.63) is 0 Å². The van der Waals surface area contributed by atoms with Gasteiger partial charge in [0.2, 0.25) is 0 Å². The molecule has 1 rings (SSSR count). The Morgan fingerprint density at radius 2 is 1.70 bits per heavy atom. The predicted molar refractivity (Wildman–Crippen MR) is 90.2 cm³/mol. The third-order valence-electron chi connectivity index (χ3n) is 5.01. The third kappa shape index (κ3) is 6.13. The van der Waals surface area contributed by atoms with Crippen LogP contribution in [-0.2, 0) is 0 Å². The monoisotopic (exact) mass is 282 g/mol. The lowest BCUT2D eigenvalue weighted by Gasteiger charge is -2.39. The van der Waals surface area contributed by atoms with E-state index in [1.807, 2.05) is 0 Å². The van der Waals surface area contributed by atoms with Gasteiger partial charge in [0.05, 0.1) is 0 Å². The van der Waals surface area contributed by atoms with Gasteiger partial charge in [-0.05, 0) is 63.3 Å². The molecule has 0 spiro atoms. The maximum atomic E-state index is 3.71. The molecule has 0 aliphatic heterocycles. The molecule has 1 fully saturated rings. The van der Waals surface area contributed by atoms with Crippen LogP contribution in [0.2, 0.25) is 0 Å². The summed E-state index contributed by atoms with van der Waals surface area (Å²) in [6, 6.07) is 0.679. The number of nitrogens with zero attached hydrogens (tertiary/aromatic N) is 1. The first-order valence-electron chi connectivity index (χ1n) is 8.87. The van der Waals surface area contributed by atoms with Crippen LogP contribution in [0, 0.1) is 17.3 Å². The first-order chi connectivity index (χ1) is 9.42. The zero-order chi connectivity index (χ0) is 15.2. The molecule has 0 aromatic carbocycles. The summed E-state index contributed by atoms with van der Waals surface area (Å²) in [5.74, 6) is 1.74. The van der Waals surface area contributed by atoms with Gasteiger partial charge in [-0.25, -0.2) is 0 Å². The van der Waals surface area contributed by atoms with E-state index in [2.05, 4.69) is 51.8 Å². The molecule has 2 nitrogen and oxygen atoms in total. The minimum Gasteiger partial charge on any atom is -0.316 e. The summed E-state index contributed by atoms with van der Waals surface area (Å²) in [5.41, 5.74) is 0.452. The summed E-state index contributed by atoms with van der Waals surface area (Å²) in [6.07, 6.45) is 5.48. The second kappa shape index (κ2) is 8.38. The molecule has 2 heteroatoms. The number of hydrogen-bond donors (Lipinski definition) is 1. The zero-order valence-corrected chi connectivity index (χ0v) is 14.8. The first kappa shape index (κ1) is 18.0. The largest absolute Gasteiger partial charge is 0.316 e. The van der Waals surface area contributed by atoms with Gasteiger partial charge in [-0.15, -0.1) is 0 Å². The minimum absolute atomic E-state index is 0.452. The van der Waals surface area contributed by atoms with E-state index < -0.39 is 0 Å². The van der Waals surface area contributed by atoms with Crippen molar-refractivity contribution < 1.29 is 0 Å². The second-order valence-corrected chi connectivity index (χ2v) is 7.70. The Kier molecular flexibility index (Phi) is 7.53. The molecule has 0 aromatic rings. The highest BCUT2D eigenvalue weighted by Gasteiger charge is 2.32. The topological polar surface area (TPSA) is 15.3 Å². The summed E-state index contributed by atoms with van der Waals surface area (Å²) < 4.78 is 0. The van der Waals surface area contributed by atoms with Crippen molar-refractivity contribution in [3.63, 3.8) is 0 Å². The first-order valence-corrected chi connectivity index (χ1v) is 8.87. The molecule has 1 aliphatic rings. The average Bonchev–Trinajstić information content (AvgIpc) is 3.20. The average molecular weight is 283 g/mol. The lowest BCUT2D eigenvalue weighted by Crippen LogP contribution is -2.47. The van der Waals surface area contributed by atoms with Gasteiger partial charge in [-0.2, -0.15) is 0 Å². The van der Waals surface area contributed by atoms with Crippen molar-refractivity contribution in [2.24, 2.45) is 17.3 Å². The zero-order valence-electron chi connectivity index (χ0n) is 14.8. The lowest BCUT2D eigenvalue weighted by atomic mass is 9.81. The highest BCUT2D eigenvalue weighted by atomic mass is 15.2. The van der Waals surface area contributed by atoms with Crippen LogP contribution in [0.25, 0.3) is 0 Å². The molecule has 0 bridgehead atoms. The molecule has 1 saturated carbocycles. The molecule has 0 heterocycles. The summed E-state index contributed by atoms with van der Waals surface area (Å²) in [4.78, 5) is 2.74. The van der Waals surface area contributed by atoms with Gasteiger partial charge in [0.15, 0.2) is 0 Å². The van der Waals surface area contributed by atoms with Crippen LogP contribution in [0.1, 0.15) is 67.2 Å². The predicted octanol–water partition coefficient (Wildman–Crippen LogP) is 4.16. The van der Waals surface area contributed by atoms with E-state index in [-0.39, 0.29) is 0 Å². The van der Waals surface area contributed by atoms with Gasteiger partial charge in [-0.1, -0.05) is 27.7 Å². The van der Waals surface area contributed by atoms with E-state index in [1.54, 1.807) is 0 Å². The molecule has 0 radical (unpaired) electrons. The van der Waals surface area contributed by atoms with Crippen LogP contribution in [-0.4, -0.2) is 37.1 Å². The maximum absolute atomic E-state index is 3.71. The molecule has 0 amide bonds. The van der Waals surface area contributed by atoms with Gasteiger partial charge in [0.25, 0.3) is 0 Å². The Morgan fingerprint density at radius 1 is 1.10 bits per heavy atom. The molecule has 1 N–H and O–H groups in total. The van der Waals surface area contributed by atoms with E-state index in [0.717, 1.165) is 18.4 Å². The molecule has 0 atom stereocenters. The van der Waals surface area contributed by atoms with Crippen molar-refractivity contribution >= 4 is 0 Å². The summed E-state index contributed by atoms with van der Waals surface area (Å²) >= 11 is 0. The lowest BCUT2D eigenvalue weighted by molar-refractivity contribution is 0.105. The van der Waals surface area contributed by atoms with Gasteiger partial charge in [-0.3, -0.25) is 0 Å². The SMILES string of the molecule is CCC(CC)(CNCC(C)C)CN(CC1CC1)C(C)C. The van der Waals surface area contributed by atoms with Crippen LogP contribution >= 0.6 is 0 Å².